The van der Waals surface area contributed by atoms with E-state index in [0.717, 1.165) is 0 Å². The molecule has 0 fully saturated rings. The van der Waals surface area contributed by atoms with Crippen molar-refractivity contribution < 1.29 is 126 Å². The molecule has 0 saturated heterocycles. The summed E-state index contributed by atoms with van der Waals surface area (Å²) in [5.74, 6) is -13.1. The van der Waals surface area contributed by atoms with Gasteiger partial charge in [0, 0.05) is 34.1 Å². The number of hydrogen-bond donors (Lipinski definition) is 0. The second-order valence-corrected chi connectivity index (χ2v) is 1.72. The Labute approximate surface area is 162 Å². The Morgan fingerprint density at radius 3 is 0.346 bits per heavy atom. The summed E-state index contributed by atoms with van der Waals surface area (Å²) in [6.45, 7) is 0. The molecular formula is C6H12Fe2O18-6. The van der Waals surface area contributed by atoms with Gasteiger partial charge < -0.3 is 92.3 Å². The second-order valence-electron chi connectivity index (χ2n) is 1.72. The van der Waals surface area contributed by atoms with Crippen LogP contribution in [-0.4, -0.2) is 68.7 Å². The molecule has 166 valence electrons. The Balaban J connectivity index is -0.0000000125. The molecule has 0 aromatic carbocycles. The van der Waals surface area contributed by atoms with Crippen LogP contribution in [-0.2, 0) is 62.9 Å². The SMILES string of the molecule is O.O.O.O.O.O.O=C([O-])C(=O)[O-].O=C([O-])C(=O)[O-].O=C([O-])C(=O)[O-].[Fe].[Fe]. The molecule has 0 aromatic rings. The van der Waals surface area contributed by atoms with Crippen LogP contribution in [0.5, 0.6) is 0 Å². The van der Waals surface area contributed by atoms with Gasteiger partial charge in [-0.1, -0.05) is 0 Å². The average Bonchev–Trinajstić information content (AvgIpc) is 2.18. The molecule has 0 rings (SSSR count). The van der Waals surface area contributed by atoms with Crippen LogP contribution < -0.4 is 30.6 Å². The Morgan fingerprint density at radius 1 is 0.308 bits per heavy atom. The third kappa shape index (κ3) is 99.3. The van der Waals surface area contributed by atoms with E-state index in [9.17, 15) is 0 Å². The van der Waals surface area contributed by atoms with Gasteiger partial charge in [0.05, 0.1) is 35.8 Å². The quantitative estimate of drug-likeness (QED) is 0.228. The smallest absolute Gasteiger partial charge is 0.0870 e. The van der Waals surface area contributed by atoms with E-state index in [2.05, 4.69) is 0 Å². The van der Waals surface area contributed by atoms with Crippen molar-refractivity contribution in [1.29, 1.82) is 0 Å². The predicted octanol–water partition coefficient (Wildman–Crippen LogP) is -15.5. The first kappa shape index (κ1) is 75.9. The summed E-state index contributed by atoms with van der Waals surface area (Å²) in [4.78, 5) is 53.6. The van der Waals surface area contributed by atoms with Gasteiger partial charge in [0.15, 0.2) is 0 Å². The van der Waals surface area contributed by atoms with E-state index in [4.69, 9.17) is 59.4 Å². The maximum absolute atomic E-state index is 8.93. The van der Waals surface area contributed by atoms with E-state index >= 15 is 0 Å². The predicted molar refractivity (Wildman–Crippen MR) is 51.7 cm³/mol. The van der Waals surface area contributed by atoms with Crippen LogP contribution in [0, 0.1) is 0 Å². The van der Waals surface area contributed by atoms with Gasteiger partial charge in [-0.05, 0) is 0 Å². The summed E-state index contributed by atoms with van der Waals surface area (Å²) < 4.78 is 0. The molecule has 0 bridgehead atoms. The van der Waals surface area contributed by atoms with Gasteiger partial charge in [0.1, 0.15) is 0 Å². The van der Waals surface area contributed by atoms with Gasteiger partial charge >= 0.3 is 0 Å². The summed E-state index contributed by atoms with van der Waals surface area (Å²) in [5, 5.41) is 53.6. The Hall–Kier alpha value is -2.38. The summed E-state index contributed by atoms with van der Waals surface area (Å²) in [5.41, 5.74) is 0. The molecule has 18 nitrogen and oxygen atoms in total. The van der Waals surface area contributed by atoms with E-state index in [-0.39, 0.29) is 67.0 Å². The average molecular weight is 484 g/mol. The zero-order chi connectivity index (χ0) is 15.5. The topological polar surface area (TPSA) is 430 Å². The van der Waals surface area contributed by atoms with E-state index in [0.29, 0.717) is 0 Å². The van der Waals surface area contributed by atoms with Crippen molar-refractivity contribution in [3.8, 4) is 0 Å². The zero-order valence-corrected chi connectivity index (χ0v) is 13.8. The number of carboxylic acid groups (broad SMARTS) is 6. The van der Waals surface area contributed by atoms with E-state index in [1.807, 2.05) is 0 Å². The molecule has 26 heavy (non-hydrogen) atoms. The number of rotatable bonds is 0. The van der Waals surface area contributed by atoms with Crippen LogP contribution in [0.4, 0.5) is 0 Å². The van der Waals surface area contributed by atoms with Crippen molar-refractivity contribution >= 4 is 35.8 Å². The first-order chi connectivity index (χ1) is 7.93. The molecule has 0 saturated carbocycles. The minimum Gasteiger partial charge on any atom is -0.543 e. The maximum Gasteiger partial charge on any atom is 0.0870 e. The molecule has 0 atom stereocenters. The number of carboxylic acids is 6. The van der Waals surface area contributed by atoms with Crippen molar-refractivity contribution in [2.75, 3.05) is 0 Å². The van der Waals surface area contributed by atoms with Crippen LogP contribution in [0.3, 0.4) is 0 Å². The normalized spacial score (nSPS) is 5.08. The summed E-state index contributed by atoms with van der Waals surface area (Å²) in [6.07, 6.45) is 0. The van der Waals surface area contributed by atoms with Gasteiger partial charge in [-0.3, -0.25) is 0 Å². The van der Waals surface area contributed by atoms with Crippen molar-refractivity contribution in [3.63, 3.8) is 0 Å². The third-order valence-electron chi connectivity index (χ3n) is 0.500. The molecule has 0 aromatic heterocycles. The van der Waals surface area contributed by atoms with Gasteiger partial charge in [-0.15, -0.1) is 0 Å². The molecule has 0 aliphatic carbocycles. The molecular weight excluding hydrogens is 472 g/mol. The van der Waals surface area contributed by atoms with Gasteiger partial charge in [0.25, 0.3) is 0 Å². The number of carbonyl (C=O) groups excluding carboxylic acids is 6. The number of aliphatic carboxylic acids is 6. The summed E-state index contributed by atoms with van der Waals surface area (Å²) in [7, 11) is 0. The molecule has 0 heterocycles. The largest absolute Gasteiger partial charge is 0.543 e. The van der Waals surface area contributed by atoms with Crippen molar-refractivity contribution in [2.24, 2.45) is 0 Å². The van der Waals surface area contributed by atoms with Crippen LogP contribution in [0.2, 0.25) is 0 Å². The molecule has 20 heteroatoms. The van der Waals surface area contributed by atoms with E-state index in [1.165, 1.54) is 0 Å². The third-order valence-corrected chi connectivity index (χ3v) is 0.500. The minimum atomic E-state index is -2.19. The number of carbonyl (C=O) groups is 6. The Bertz CT molecular complexity index is 285. The first-order valence-electron chi connectivity index (χ1n) is 3.20. The Morgan fingerprint density at radius 2 is 0.346 bits per heavy atom. The molecule has 0 aliphatic heterocycles. The number of hydrogen-bond acceptors (Lipinski definition) is 12. The summed E-state index contributed by atoms with van der Waals surface area (Å²) >= 11 is 0. The van der Waals surface area contributed by atoms with Crippen molar-refractivity contribution in [1.82, 2.24) is 0 Å². The first-order valence-corrected chi connectivity index (χ1v) is 3.20. The van der Waals surface area contributed by atoms with E-state index in [1.54, 1.807) is 0 Å². The molecule has 0 radical (unpaired) electrons. The molecule has 0 aliphatic rings. The summed E-state index contributed by atoms with van der Waals surface area (Å²) in [6, 6.07) is 0. The van der Waals surface area contributed by atoms with Crippen molar-refractivity contribution in [3.05, 3.63) is 0 Å². The second kappa shape index (κ2) is 43.3. The monoisotopic (exact) mass is 484 g/mol. The molecule has 12 N–H and O–H groups in total. The van der Waals surface area contributed by atoms with Crippen LogP contribution in [0.25, 0.3) is 0 Å². The minimum absolute atomic E-state index is 0. The maximum atomic E-state index is 8.93. The van der Waals surface area contributed by atoms with Crippen LogP contribution >= 0.6 is 0 Å². The molecule has 0 unspecified atom stereocenters. The standard InChI is InChI=1S/3C2H2O4.2Fe.6H2O/c3*3-1(4)2(5)6;;;;;;;;/h3*(H,3,4)(H,5,6);;;6*1H2/p-6. The van der Waals surface area contributed by atoms with Crippen molar-refractivity contribution in [2.45, 2.75) is 0 Å². The van der Waals surface area contributed by atoms with Gasteiger partial charge in [-0.25, -0.2) is 0 Å². The van der Waals surface area contributed by atoms with Gasteiger partial charge in [-0.2, -0.15) is 0 Å². The Kier molecular flexibility index (Phi) is 126. The van der Waals surface area contributed by atoms with E-state index < -0.39 is 35.8 Å². The fourth-order valence-electron chi connectivity index (χ4n) is 0. The van der Waals surface area contributed by atoms with Crippen LogP contribution in [0.1, 0.15) is 0 Å². The fourth-order valence-corrected chi connectivity index (χ4v) is 0. The van der Waals surface area contributed by atoms with Crippen LogP contribution in [0.15, 0.2) is 0 Å². The molecule has 0 amide bonds. The fraction of sp³-hybridized carbons (Fsp3) is 0. The van der Waals surface area contributed by atoms with Gasteiger partial charge in [0.2, 0.25) is 0 Å². The zero-order valence-electron chi connectivity index (χ0n) is 11.6. The molecule has 0 spiro atoms.